The van der Waals surface area contributed by atoms with Crippen molar-refractivity contribution in [3.8, 4) is 22.8 Å². The van der Waals surface area contributed by atoms with Gasteiger partial charge < -0.3 is 14.4 Å². The van der Waals surface area contributed by atoms with Gasteiger partial charge in [-0.3, -0.25) is 0 Å². The monoisotopic (exact) mass is 482 g/mol. The minimum absolute atomic E-state index is 0.107. The summed E-state index contributed by atoms with van der Waals surface area (Å²) in [6.45, 7) is 7.98. The van der Waals surface area contributed by atoms with Crippen LogP contribution in [0.1, 0.15) is 16.7 Å². The Bertz CT molecular complexity index is 1290. The maximum absolute atomic E-state index is 13.3. The Kier molecular flexibility index (Phi) is 6.77. The summed E-state index contributed by atoms with van der Waals surface area (Å²) >= 11 is 0. The molecule has 1 fully saturated rings. The van der Waals surface area contributed by atoms with Crippen molar-refractivity contribution in [3.63, 3.8) is 0 Å². The predicted octanol–water partition coefficient (Wildman–Crippen LogP) is 3.60. The normalized spacial score (nSPS) is 14.8. The second kappa shape index (κ2) is 9.60. The molecule has 1 aliphatic rings. The van der Waals surface area contributed by atoms with E-state index in [9.17, 15) is 8.42 Å². The van der Waals surface area contributed by atoms with Gasteiger partial charge in [-0.15, -0.1) is 10.2 Å². The van der Waals surface area contributed by atoms with E-state index in [-0.39, 0.29) is 4.90 Å². The summed E-state index contributed by atoms with van der Waals surface area (Å²) in [6.07, 6.45) is 0. The first-order chi connectivity index (χ1) is 16.2. The van der Waals surface area contributed by atoms with E-state index in [0.717, 1.165) is 22.6 Å². The van der Waals surface area contributed by atoms with Crippen LogP contribution in [0.25, 0.3) is 11.3 Å². The van der Waals surface area contributed by atoms with Crippen molar-refractivity contribution in [3.05, 3.63) is 59.2 Å². The minimum atomic E-state index is -3.73. The van der Waals surface area contributed by atoms with Crippen LogP contribution in [0.4, 0.5) is 5.82 Å². The van der Waals surface area contributed by atoms with Gasteiger partial charge in [-0.25, -0.2) is 8.42 Å². The molecule has 0 aliphatic carbocycles. The first-order valence-corrected chi connectivity index (χ1v) is 12.6. The van der Waals surface area contributed by atoms with Gasteiger partial charge in [0.05, 0.1) is 19.9 Å². The third kappa shape index (κ3) is 4.58. The lowest BCUT2D eigenvalue weighted by molar-refractivity contribution is 0.370. The van der Waals surface area contributed by atoms with E-state index in [1.54, 1.807) is 12.1 Å². The Balaban J connectivity index is 1.49. The molecule has 0 radical (unpaired) electrons. The number of sulfonamides is 1. The van der Waals surface area contributed by atoms with E-state index in [2.05, 4.69) is 48.0 Å². The zero-order chi connectivity index (χ0) is 24.5. The fraction of sp³-hybridized carbons (Fsp3) is 0.360. The third-order valence-corrected chi connectivity index (χ3v) is 8.24. The Hall–Kier alpha value is -3.17. The van der Waals surface area contributed by atoms with E-state index in [4.69, 9.17) is 9.47 Å². The zero-order valence-electron chi connectivity index (χ0n) is 20.2. The molecule has 0 unspecified atom stereocenters. The van der Waals surface area contributed by atoms with E-state index in [0.29, 0.717) is 37.7 Å². The van der Waals surface area contributed by atoms with Crippen LogP contribution in [-0.2, 0) is 10.0 Å². The lowest BCUT2D eigenvalue weighted by Gasteiger charge is -2.34. The summed E-state index contributed by atoms with van der Waals surface area (Å²) in [5.74, 6) is 1.50. The molecule has 0 atom stereocenters. The van der Waals surface area contributed by atoms with Crippen LogP contribution in [0.15, 0.2) is 47.4 Å². The number of rotatable bonds is 6. The molecule has 8 nitrogen and oxygen atoms in total. The summed E-state index contributed by atoms with van der Waals surface area (Å²) in [5.41, 5.74) is 5.54. The number of nitrogens with zero attached hydrogens (tertiary/aromatic N) is 4. The van der Waals surface area contributed by atoms with Gasteiger partial charge in [-0.2, -0.15) is 4.31 Å². The Morgan fingerprint density at radius 3 is 2.12 bits per heavy atom. The van der Waals surface area contributed by atoms with E-state index in [1.807, 2.05) is 12.1 Å². The first-order valence-electron chi connectivity index (χ1n) is 11.1. The fourth-order valence-corrected chi connectivity index (χ4v) is 5.75. The number of piperazine rings is 1. The van der Waals surface area contributed by atoms with Gasteiger partial charge in [0, 0.05) is 37.8 Å². The number of aryl methyl sites for hydroxylation is 3. The minimum Gasteiger partial charge on any atom is -0.497 e. The van der Waals surface area contributed by atoms with Crippen LogP contribution in [-0.4, -0.2) is 63.3 Å². The van der Waals surface area contributed by atoms with E-state index in [1.165, 1.54) is 35.7 Å². The second-order valence-corrected chi connectivity index (χ2v) is 10.3. The molecule has 0 spiro atoms. The fourth-order valence-electron chi connectivity index (χ4n) is 4.16. The summed E-state index contributed by atoms with van der Waals surface area (Å²) < 4.78 is 38.6. The summed E-state index contributed by atoms with van der Waals surface area (Å²) in [4.78, 5) is 2.16. The molecule has 1 aromatic heterocycles. The van der Waals surface area contributed by atoms with Crippen LogP contribution >= 0.6 is 0 Å². The van der Waals surface area contributed by atoms with Crippen molar-refractivity contribution in [2.24, 2.45) is 0 Å². The van der Waals surface area contributed by atoms with Crippen molar-refractivity contribution in [2.75, 3.05) is 45.3 Å². The standard InChI is InChI=1S/C25H30N4O4S/c1-17-14-19(3)21(15-18(17)2)22-7-9-25(27-26-22)28-10-12-29(13-11-28)34(30,31)24-16-20(32-4)6-8-23(24)33-5/h6-9,14-16H,10-13H2,1-5H3. The molecule has 180 valence electrons. The highest BCUT2D eigenvalue weighted by molar-refractivity contribution is 7.89. The SMILES string of the molecule is COc1ccc(OC)c(S(=O)(=O)N2CCN(c3ccc(-c4cc(C)c(C)cc4C)nn3)CC2)c1. The summed E-state index contributed by atoms with van der Waals surface area (Å²) in [6, 6.07) is 13.0. The van der Waals surface area contributed by atoms with Crippen LogP contribution in [0, 0.1) is 20.8 Å². The predicted molar refractivity (Wildman–Crippen MR) is 132 cm³/mol. The van der Waals surface area contributed by atoms with Crippen molar-refractivity contribution < 1.29 is 17.9 Å². The molecule has 1 saturated heterocycles. The molecule has 0 saturated carbocycles. The van der Waals surface area contributed by atoms with Crippen molar-refractivity contribution in [2.45, 2.75) is 25.7 Å². The quantitative estimate of drug-likeness (QED) is 0.531. The molecule has 2 aromatic carbocycles. The largest absolute Gasteiger partial charge is 0.497 e. The number of methoxy groups -OCH3 is 2. The Labute approximate surface area is 201 Å². The highest BCUT2D eigenvalue weighted by Gasteiger charge is 2.31. The van der Waals surface area contributed by atoms with Gasteiger partial charge in [-0.05, 0) is 67.8 Å². The van der Waals surface area contributed by atoms with Crippen LogP contribution in [0.2, 0.25) is 0 Å². The Morgan fingerprint density at radius 1 is 0.794 bits per heavy atom. The summed E-state index contributed by atoms with van der Waals surface area (Å²) in [7, 11) is -0.769. The molecular formula is C25H30N4O4S. The molecule has 0 bridgehead atoms. The van der Waals surface area contributed by atoms with Gasteiger partial charge in [0.25, 0.3) is 0 Å². The molecule has 34 heavy (non-hydrogen) atoms. The number of anilines is 1. The number of hydrogen-bond acceptors (Lipinski definition) is 7. The van der Waals surface area contributed by atoms with Crippen molar-refractivity contribution in [1.29, 1.82) is 0 Å². The molecular weight excluding hydrogens is 452 g/mol. The van der Waals surface area contributed by atoms with Crippen LogP contribution < -0.4 is 14.4 Å². The zero-order valence-corrected chi connectivity index (χ0v) is 21.0. The number of benzene rings is 2. The Morgan fingerprint density at radius 2 is 1.50 bits per heavy atom. The van der Waals surface area contributed by atoms with Crippen LogP contribution in [0.5, 0.6) is 11.5 Å². The van der Waals surface area contributed by atoms with E-state index >= 15 is 0 Å². The maximum Gasteiger partial charge on any atom is 0.247 e. The van der Waals surface area contributed by atoms with Gasteiger partial charge >= 0.3 is 0 Å². The summed E-state index contributed by atoms with van der Waals surface area (Å²) in [5, 5.41) is 8.90. The average molecular weight is 483 g/mol. The number of ether oxygens (including phenoxy) is 2. The van der Waals surface area contributed by atoms with Gasteiger partial charge in [-0.1, -0.05) is 6.07 Å². The lowest BCUT2D eigenvalue weighted by Crippen LogP contribution is -2.49. The number of aromatic nitrogens is 2. The molecule has 3 aromatic rings. The topological polar surface area (TPSA) is 84.9 Å². The third-order valence-electron chi connectivity index (χ3n) is 6.32. The highest BCUT2D eigenvalue weighted by atomic mass is 32.2. The molecule has 2 heterocycles. The first kappa shape index (κ1) is 24.0. The van der Waals surface area contributed by atoms with Crippen molar-refractivity contribution >= 4 is 15.8 Å². The second-order valence-electron chi connectivity index (χ2n) is 8.44. The van der Waals surface area contributed by atoms with Gasteiger partial charge in [0.15, 0.2) is 5.82 Å². The molecule has 0 N–H and O–H groups in total. The molecule has 0 amide bonds. The average Bonchev–Trinajstić information content (AvgIpc) is 2.86. The van der Waals surface area contributed by atoms with E-state index < -0.39 is 10.0 Å². The maximum atomic E-state index is 13.3. The molecule has 1 aliphatic heterocycles. The molecule has 9 heteroatoms. The molecule has 4 rings (SSSR count). The van der Waals surface area contributed by atoms with Crippen LogP contribution in [0.3, 0.4) is 0 Å². The number of hydrogen-bond donors (Lipinski definition) is 0. The smallest absolute Gasteiger partial charge is 0.247 e. The highest BCUT2D eigenvalue weighted by Crippen LogP contribution is 2.31. The van der Waals surface area contributed by atoms with Crippen molar-refractivity contribution in [1.82, 2.24) is 14.5 Å². The van der Waals surface area contributed by atoms with Gasteiger partial charge in [0.1, 0.15) is 16.4 Å². The van der Waals surface area contributed by atoms with Gasteiger partial charge in [0.2, 0.25) is 10.0 Å². The lowest BCUT2D eigenvalue weighted by atomic mass is 9.99.